The molecule has 1 aliphatic rings. The normalized spacial score (nSPS) is 15.6. The van der Waals surface area contributed by atoms with Crippen LogP contribution in [0.3, 0.4) is 0 Å². The van der Waals surface area contributed by atoms with Gasteiger partial charge in [0.2, 0.25) is 0 Å². The SMILES string of the molecule is COCC(C)OC(=O)CCc1ccc(C#N)c(OCC(O)CN(C)C(C)CC2Cc3ccccc3C2)c1. The Kier molecular flexibility index (Phi) is 10.9. The number of carbonyl (C=O) groups excluding carboxylic acids is 1. The Morgan fingerprint density at radius 2 is 1.86 bits per heavy atom. The Hall–Kier alpha value is -2.92. The fourth-order valence-electron chi connectivity index (χ4n) is 4.96. The first-order chi connectivity index (χ1) is 17.8. The molecule has 37 heavy (non-hydrogen) atoms. The Labute approximate surface area is 221 Å². The number of benzene rings is 2. The standard InChI is InChI=1S/C30H40N2O5/c1-21(13-24-14-25-7-5-6-8-26(25)15-24)32(3)18-28(33)20-36-29-16-23(9-11-27(29)17-31)10-12-30(34)37-22(2)19-35-4/h5-9,11,16,21-22,24,28,33H,10,12-15,18-20H2,1-4H3. The molecule has 0 radical (unpaired) electrons. The first-order valence-corrected chi connectivity index (χ1v) is 13.1. The monoisotopic (exact) mass is 508 g/mol. The molecule has 200 valence electrons. The van der Waals surface area contributed by atoms with Crippen LogP contribution in [0.25, 0.3) is 0 Å². The quantitative estimate of drug-likeness (QED) is 0.387. The predicted molar refractivity (Wildman–Crippen MR) is 142 cm³/mol. The Morgan fingerprint density at radius 3 is 2.51 bits per heavy atom. The van der Waals surface area contributed by atoms with Gasteiger partial charge in [-0.25, -0.2) is 0 Å². The summed E-state index contributed by atoms with van der Waals surface area (Å²) in [5, 5.41) is 20.1. The maximum Gasteiger partial charge on any atom is 0.306 e. The van der Waals surface area contributed by atoms with Crippen molar-refractivity contribution in [3.05, 3.63) is 64.7 Å². The number of nitrogens with zero attached hydrogens (tertiary/aromatic N) is 2. The van der Waals surface area contributed by atoms with Gasteiger partial charge in [-0.15, -0.1) is 0 Å². The summed E-state index contributed by atoms with van der Waals surface area (Å²) in [5.74, 6) is 0.745. The lowest BCUT2D eigenvalue weighted by molar-refractivity contribution is -0.150. The van der Waals surface area contributed by atoms with Gasteiger partial charge in [-0.05, 0) is 81.3 Å². The lowest BCUT2D eigenvalue weighted by Crippen LogP contribution is -2.39. The minimum absolute atomic E-state index is 0.0840. The van der Waals surface area contributed by atoms with Gasteiger partial charge in [0.1, 0.15) is 30.6 Å². The van der Waals surface area contributed by atoms with Crippen molar-refractivity contribution >= 4 is 5.97 Å². The third kappa shape index (κ3) is 8.85. The number of methoxy groups -OCH3 is 1. The van der Waals surface area contributed by atoms with E-state index in [2.05, 4.69) is 42.2 Å². The second kappa shape index (κ2) is 14.1. The number of likely N-dealkylation sites (N-methyl/N-ethyl adjacent to an activating group) is 1. The molecule has 0 aromatic heterocycles. The molecule has 0 amide bonds. The fraction of sp³-hybridized carbons (Fsp3) is 0.533. The molecule has 0 spiro atoms. The number of nitriles is 1. The fourth-order valence-corrected chi connectivity index (χ4v) is 4.96. The largest absolute Gasteiger partial charge is 0.489 e. The number of carbonyl (C=O) groups is 1. The zero-order chi connectivity index (χ0) is 26.8. The maximum atomic E-state index is 12.0. The van der Waals surface area contributed by atoms with Crippen LogP contribution in [0.15, 0.2) is 42.5 Å². The summed E-state index contributed by atoms with van der Waals surface area (Å²) in [6.07, 6.45) is 3.01. The molecule has 3 rings (SSSR count). The van der Waals surface area contributed by atoms with Crippen LogP contribution in [0.5, 0.6) is 5.75 Å². The van der Waals surface area contributed by atoms with Gasteiger partial charge in [0.25, 0.3) is 0 Å². The number of aryl methyl sites for hydroxylation is 1. The number of esters is 1. The molecule has 2 aromatic carbocycles. The summed E-state index contributed by atoms with van der Waals surface area (Å²) < 4.78 is 16.1. The number of hydrogen-bond acceptors (Lipinski definition) is 7. The van der Waals surface area contributed by atoms with Crippen molar-refractivity contribution in [2.75, 3.05) is 33.9 Å². The molecule has 2 aromatic rings. The van der Waals surface area contributed by atoms with Gasteiger partial charge in [-0.1, -0.05) is 30.3 Å². The lowest BCUT2D eigenvalue weighted by atomic mass is 9.97. The van der Waals surface area contributed by atoms with E-state index < -0.39 is 6.10 Å². The van der Waals surface area contributed by atoms with Crippen molar-refractivity contribution in [3.63, 3.8) is 0 Å². The van der Waals surface area contributed by atoms with Crippen molar-refractivity contribution in [2.45, 2.75) is 64.2 Å². The molecule has 0 bridgehead atoms. The number of ether oxygens (including phenoxy) is 3. The average Bonchev–Trinajstić information content (AvgIpc) is 3.28. The van der Waals surface area contributed by atoms with Crippen LogP contribution in [0.1, 0.15) is 48.9 Å². The highest BCUT2D eigenvalue weighted by Crippen LogP contribution is 2.30. The van der Waals surface area contributed by atoms with E-state index in [1.165, 1.54) is 11.1 Å². The van der Waals surface area contributed by atoms with Gasteiger partial charge in [0, 0.05) is 26.1 Å². The maximum absolute atomic E-state index is 12.0. The first-order valence-electron chi connectivity index (χ1n) is 13.1. The lowest BCUT2D eigenvalue weighted by Gasteiger charge is -2.29. The Balaban J connectivity index is 1.45. The summed E-state index contributed by atoms with van der Waals surface area (Å²) in [6, 6.07) is 16.4. The second-order valence-corrected chi connectivity index (χ2v) is 10.2. The Bertz CT molecular complexity index is 1040. The van der Waals surface area contributed by atoms with Crippen LogP contribution in [-0.2, 0) is 33.5 Å². The molecule has 7 nitrogen and oxygen atoms in total. The summed E-state index contributed by atoms with van der Waals surface area (Å²) >= 11 is 0. The van der Waals surface area contributed by atoms with Crippen LogP contribution in [0.2, 0.25) is 0 Å². The van der Waals surface area contributed by atoms with Crippen molar-refractivity contribution < 1.29 is 24.1 Å². The van der Waals surface area contributed by atoms with Crippen molar-refractivity contribution in [2.24, 2.45) is 5.92 Å². The Morgan fingerprint density at radius 1 is 1.16 bits per heavy atom. The molecule has 7 heteroatoms. The molecule has 3 unspecified atom stereocenters. The van der Waals surface area contributed by atoms with Crippen LogP contribution in [0.4, 0.5) is 0 Å². The van der Waals surface area contributed by atoms with Crippen LogP contribution >= 0.6 is 0 Å². The topological polar surface area (TPSA) is 92.0 Å². The molecular weight excluding hydrogens is 468 g/mol. The highest BCUT2D eigenvalue weighted by Gasteiger charge is 2.25. The number of aliphatic hydroxyl groups is 1. The summed E-state index contributed by atoms with van der Waals surface area (Å²) in [4.78, 5) is 14.2. The molecule has 1 N–H and O–H groups in total. The van der Waals surface area contributed by atoms with E-state index in [9.17, 15) is 15.2 Å². The molecule has 0 saturated carbocycles. The van der Waals surface area contributed by atoms with E-state index in [4.69, 9.17) is 14.2 Å². The van der Waals surface area contributed by atoms with Gasteiger partial charge < -0.3 is 24.2 Å². The van der Waals surface area contributed by atoms with Gasteiger partial charge in [0.05, 0.1) is 12.2 Å². The minimum atomic E-state index is -0.694. The molecule has 0 saturated heterocycles. The molecule has 0 fully saturated rings. The number of aliphatic hydroxyl groups excluding tert-OH is 1. The molecule has 3 atom stereocenters. The van der Waals surface area contributed by atoms with Crippen molar-refractivity contribution in [1.82, 2.24) is 4.90 Å². The number of hydrogen-bond donors (Lipinski definition) is 1. The van der Waals surface area contributed by atoms with Crippen LogP contribution in [0, 0.1) is 17.2 Å². The van der Waals surface area contributed by atoms with Gasteiger partial charge in [-0.3, -0.25) is 4.79 Å². The zero-order valence-electron chi connectivity index (χ0n) is 22.5. The van der Waals surface area contributed by atoms with E-state index in [0.29, 0.717) is 42.8 Å². The van der Waals surface area contributed by atoms with Crippen molar-refractivity contribution in [3.8, 4) is 11.8 Å². The highest BCUT2D eigenvalue weighted by atomic mass is 16.6. The third-order valence-electron chi connectivity index (χ3n) is 7.01. The summed E-state index contributed by atoms with van der Waals surface area (Å²) in [6.45, 7) is 4.90. The molecule has 0 heterocycles. The van der Waals surface area contributed by atoms with Crippen LogP contribution < -0.4 is 4.74 Å². The smallest absolute Gasteiger partial charge is 0.306 e. The van der Waals surface area contributed by atoms with E-state index in [0.717, 1.165) is 24.8 Å². The summed E-state index contributed by atoms with van der Waals surface area (Å²) in [7, 11) is 3.60. The van der Waals surface area contributed by atoms with Crippen LogP contribution in [-0.4, -0.2) is 68.1 Å². The zero-order valence-corrected chi connectivity index (χ0v) is 22.5. The van der Waals surface area contributed by atoms with Gasteiger partial charge in [0.15, 0.2) is 0 Å². The average molecular weight is 509 g/mol. The molecule has 0 aliphatic heterocycles. The molecule has 1 aliphatic carbocycles. The molecular formula is C30H40N2O5. The van der Waals surface area contributed by atoms with E-state index >= 15 is 0 Å². The third-order valence-corrected chi connectivity index (χ3v) is 7.01. The first kappa shape index (κ1) is 28.6. The van der Waals surface area contributed by atoms with E-state index in [1.807, 2.05) is 13.1 Å². The minimum Gasteiger partial charge on any atom is -0.489 e. The van der Waals surface area contributed by atoms with Crippen molar-refractivity contribution in [1.29, 1.82) is 5.26 Å². The number of rotatable bonds is 14. The van der Waals surface area contributed by atoms with Gasteiger partial charge in [-0.2, -0.15) is 5.26 Å². The highest BCUT2D eigenvalue weighted by molar-refractivity contribution is 5.70. The van der Waals surface area contributed by atoms with Gasteiger partial charge >= 0.3 is 5.97 Å². The second-order valence-electron chi connectivity index (χ2n) is 10.2. The van der Waals surface area contributed by atoms with E-state index in [1.54, 1.807) is 26.2 Å². The summed E-state index contributed by atoms with van der Waals surface area (Å²) in [5.41, 5.74) is 4.19. The predicted octanol–water partition coefficient (Wildman–Crippen LogP) is 3.93. The number of fused-ring (bicyclic) bond motifs is 1. The van der Waals surface area contributed by atoms with E-state index in [-0.39, 0.29) is 25.1 Å².